The lowest BCUT2D eigenvalue weighted by Crippen LogP contribution is -2.44. The highest BCUT2D eigenvalue weighted by molar-refractivity contribution is 6.31. The number of benzene rings is 1. The van der Waals surface area contributed by atoms with Crippen LogP contribution in [0.2, 0.25) is 5.02 Å². The quantitative estimate of drug-likeness (QED) is 0.869. The lowest BCUT2D eigenvalue weighted by molar-refractivity contribution is -0.143. The van der Waals surface area contributed by atoms with Gasteiger partial charge in [-0.2, -0.15) is 0 Å². The number of carboxylic acid groups (broad SMARTS) is 1. The second kappa shape index (κ2) is 6.91. The van der Waals surface area contributed by atoms with Crippen LogP contribution >= 0.6 is 11.6 Å². The lowest BCUT2D eigenvalue weighted by Gasteiger charge is -2.22. The minimum absolute atomic E-state index is 0.0684. The summed E-state index contributed by atoms with van der Waals surface area (Å²) in [6.07, 6.45) is 0.800. The summed E-state index contributed by atoms with van der Waals surface area (Å²) in [5, 5.41) is 12.6. The Bertz CT molecular complexity index is 535. The molecule has 1 aromatic carbocycles. The SMILES string of the molecule is CC1CCN(CC(=O)NCc2ccccc2Cl)C1C(=O)O. The molecule has 1 amide bonds. The molecular weight excluding hydrogens is 292 g/mol. The predicted molar refractivity (Wildman–Crippen MR) is 80.1 cm³/mol. The van der Waals surface area contributed by atoms with Crippen molar-refractivity contribution in [2.45, 2.75) is 25.9 Å². The summed E-state index contributed by atoms with van der Waals surface area (Å²) < 4.78 is 0. The summed E-state index contributed by atoms with van der Waals surface area (Å²) in [6, 6.07) is 6.73. The van der Waals surface area contributed by atoms with E-state index < -0.39 is 12.0 Å². The predicted octanol–water partition coefficient (Wildman–Crippen LogP) is 1.75. The number of hydrogen-bond donors (Lipinski definition) is 2. The molecule has 2 rings (SSSR count). The van der Waals surface area contributed by atoms with Gasteiger partial charge >= 0.3 is 5.97 Å². The fraction of sp³-hybridized carbons (Fsp3) is 0.467. The first-order valence-corrected chi connectivity index (χ1v) is 7.34. The van der Waals surface area contributed by atoms with Crippen LogP contribution in [0, 0.1) is 5.92 Å². The van der Waals surface area contributed by atoms with E-state index in [1.54, 1.807) is 11.0 Å². The Balaban J connectivity index is 1.87. The smallest absolute Gasteiger partial charge is 0.321 e. The number of likely N-dealkylation sites (tertiary alicyclic amines) is 1. The van der Waals surface area contributed by atoms with Crippen LogP contribution in [-0.2, 0) is 16.1 Å². The molecule has 0 radical (unpaired) electrons. The van der Waals surface area contributed by atoms with Crippen molar-refractivity contribution in [1.29, 1.82) is 0 Å². The van der Waals surface area contributed by atoms with Gasteiger partial charge in [-0.05, 0) is 30.5 Å². The van der Waals surface area contributed by atoms with Crippen LogP contribution in [0.15, 0.2) is 24.3 Å². The van der Waals surface area contributed by atoms with E-state index in [0.29, 0.717) is 18.1 Å². The second-order valence-corrected chi connectivity index (χ2v) is 5.79. The van der Waals surface area contributed by atoms with Crippen LogP contribution in [0.4, 0.5) is 0 Å². The Morgan fingerprint density at radius 1 is 1.43 bits per heavy atom. The topological polar surface area (TPSA) is 69.6 Å². The molecule has 2 N–H and O–H groups in total. The van der Waals surface area contributed by atoms with Crippen LogP contribution in [0.25, 0.3) is 0 Å². The number of halogens is 1. The van der Waals surface area contributed by atoms with E-state index in [0.717, 1.165) is 12.0 Å². The van der Waals surface area contributed by atoms with E-state index in [-0.39, 0.29) is 18.4 Å². The molecule has 1 aromatic rings. The van der Waals surface area contributed by atoms with Crippen molar-refractivity contribution in [3.05, 3.63) is 34.9 Å². The van der Waals surface area contributed by atoms with Crippen molar-refractivity contribution in [2.24, 2.45) is 5.92 Å². The van der Waals surface area contributed by atoms with Crippen molar-refractivity contribution < 1.29 is 14.7 Å². The number of nitrogens with zero attached hydrogens (tertiary/aromatic N) is 1. The zero-order chi connectivity index (χ0) is 15.4. The van der Waals surface area contributed by atoms with Crippen molar-refractivity contribution in [3.8, 4) is 0 Å². The molecule has 114 valence electrons. The molecule has 1 heterocycles. The van der Waals surface area contributed by atoms with E-state index >= 15 is 0 Å². The van der Waals surface area contributed by atoms with Gasteiger partial charge in [0.2, 0.25) is 5.91 Å². The standard InChI is InChI=1S/C15H19ClN2O3/c1-10-6-7-18(14(10)15(20)21)9-13(19)17-8-11-4-2-3-5-12(11)16/h2-5,10,14H,6-9H2,1H3,(H,17,19)(H,20,21). The van der Waals surface area contributed by atoms with Crippen LogP contribution in [0.3, 0.4) is 0 Å². The van der Waals surface area contributed by atoms with Gasteiger partial charge in [0.1, 0.15) is 6.04 Å². The van der Waals surface area contributed by atoms with Crippen LogP contribution in [0.5, 0.6) is 0 Å². The van der Waals surface area contributed by atoms with Gasteiger partial charge in [-0.15, -0.1) is 0 Å². The number of aliphatic carboxylic acids is 1. The number of rotatable bonds is 5. The molecule has 1 fully saturated rings. The van der Waals surface area contributed by atoms with Crippen molar-refractivity contribution in [1.82, 2.24) is 10.2 Å². The molecule has 1 aliphatic heterocycles. The number of hydrogen-bond acceptors (Lipinski definition) is 3. The highest BCUT2D eigenvalue weighted by atomic mass is 35.5. The summed E-state index contributed by atoms with van der Waals surface area (Å²) in [5.74, 6) is -0.979. The van der Waals surface area contributed by atoms with Gasteiger partial charge in [0.15, 0.2) is 0 Å². The largest absolute Gasteiger partial charge is 0.480 e. The summed E-state index contributed by atoms with van der Waals surface area (Å²) in [4.78, 5) is 24.9. The number of carbonyl (C=O) groups is 2. The Morgan fingerprint density at radius 3 is 2.81 bits per heavy atom. The maximum absolute atomic E-state index is 12.0. The third-order valence-electron chi connectivity index (χ3n) is 3.84. The zero-order valence-corrected chi connectivity index (χ0v) is 12.6. The van der Waals surface area contributed by atoms with Crippen molar-refractivity contribution in [3.63, 3.8) is 0 Å². The summed E-state index contributed by atoms with van der Waals surface area (Å²) >= 11 is 6.02. The third-order valence-corrected chi connectivity index (χ3v) is 4.21. The summed E-state index contributed by atoms with van der Waals surface area (Å²) in [5.41, 5.74) is 0.845. The highest BCUT2D eigenvalue weighted by Gasteiger charge is 2.37. The summed E-state index contributed by atoms with van der Waals surface area (Å²) in [7, 11) is 0. The van der Waals surface area contributed by atoms with Gasteiger partial charge in [0.25, 0.3) is 0 Å². The van der Waals surface area contributed by atoms with Gasteiger partial charge in [0, 0.05) is 11.6 Å². The molecule has 1 saturated heterocycles. The number of amides is 1. The second-order valence-electron chi connectivity index (χ2n) is 5.39. The molecule has 0 aromatic heterocycles. The normalized spacial score (nSPS) is 22.2. The molecule has 1 aliphatic rings. The van der Waals surface area contributed by atoms with Crippen LogP contribution in [-0.4, -0.2) is 41.0 Å². The average Bonchev–Trinajstić information content (AvgIpc) is 2.79. The number of carboxylic acids is 1. The molecule has 0 aliphatic carbocycles. The fourth-order valence-corrected chi connectivity index (χ4v) is 2.88. The van der Waals surface area contributed by atoms with Gasteiger partial charge in [-0.1, -0.05) is 36.7 Å². The van der Waals surface area contributed by atoms with Crippen LogP contribution in [0.1, 0.15) is 18.9 Å². The van der Waals surface area contributed by atoms with Gasteiger partial charge in [-0.25, -0.2) is 0 Å². The maximum Gasteiger partial charge on any atom is 0.321 e. The first-order chi connectivity index (χ1) is 9.99. The molecule has 2 atom stereocenters. The van der Waals surface area contributed by atoms with Gasteiger partial charge < -0.3 is 10.4 Å². The first kappa shape index (κ1) is 15.8. The molecule has 0 spiro atoms. The van der Waals surface area contributed by atoms with E-state index in [4.69, 9.17) is 11.6 Å². The molecule has 0 saturated carbocycles. The van der Waals surface area contributed by atoms with E-state index in [2.05, 4.69) is 5.32 Å². The molecule has 21 heavy (non-hydrogen) atoms. The van der Waals surface area contributed by atoms with E-state index in [1.807, 2.05) is 25.1 Å². The van der Waals surface area contributed by atoms with Gasteiger partial charge in [-0.3, -0.25) is 14.5 Å². The molecule has 0 bridgehead atoms. The van der Waals surface area contributed by atoms with E-state index in [9.17, 15) is 14.7 Å². The fourth-order valence-electron chi connectivity index (χ4n) is 2.68. The minimum Gasteiger partial charge on any atom is -0.480 e. The summed E-state index contributed by atoms with van der Waals surface area (Å²) in [6.45, 7) is 2.99. The van der Waals surface area contributed by atoms with Crippen molar-refractivity contribution in [2.75, 3.05) is 13.1 Å². The monoisotopic (exact) mass is 310 g/mol. The Labute approximate surface area is 128 Å². The molecule has 2 unspecified atom stereocenters. The molecular formula is C15H19ClN2O3. The Hall–Kier alpha value is -1.59. The van der Waals surface area contributed by atoms with Crippen LogP contribution < -0.4 is 5.32 Å². The van der Waals surface area contributed by atoms with Crippen molar-refractivity contribution >= 4 is 23.5 Å². The lowest BCUT2D eigenvalue weighted by atomic mass is 10.0. The number of carbonyl (C=O) groups excluding carboxylic acids is 1. The molecule has 5 nitrogen and oxygen atoms in total. The third kappa shape index (κ3) is 3.95. The molecule has 6 heteroatoms. The highest BCUT2D eigenvalue weighted by Crippen LogP contribution is 2.23. The van der Waals surface area contributed by atoms with E-state index in [1.165, 1.54) is 0 Å². The zero-order valence-electron chi connectivity index (χ0n) is 11.9. The Morgan fingerprint density at radius 2 is 2.14 bits per heavy atom. The van der Waals surface area contributed by atoms with Gasteiger partial charge in [0.05, 0.1) is 6.54 Å². The maximum atomic E-state index is 12.0. The average molecular weight is 311 g/mol. The minimum atomic E-state index is -0.862. The number of nitrogens with one attached hydrogen (secondary N) is 1. The first-order valence-electron chi connectivity index (χ1n) is 6.96. The Kier molecular flexibility index (Phi) is 5.20.